The molecule has 148 valence electrons. The van der Waals surface area contributed by atoms with Gasteiger partial charge in [0.05, 0.1) is 33.5 Å². The van der Waals surface area contributed by atoms with Gasteiger partial charge in [-0.3, -0.25) is 14.8 Å². The predicted molar refractivity (Wildman–Crippen MR) is 114 cm³/mol. The van der Waals surface area contributed by atoms with Gasteiger partial charge < -0.3 is 4.74 Å². The summed E-state index contributed by atoms with van der Waals surface area (Å²) in [6.45, 7) is 4.47. The van der Waals surface area contributed by atoms with E-state index in [9.17, 15) is 4.79 Å². The Morgan fingerprint density at radius 2 is 2.14 bits per heavy atom. The van der Waals surface area contributed by atoms with Crippen molar-refractivity contribution < 1.29 is 9.53 Å². The number of amides is 1. The molecule has 3 aromatic heterocycles. The monoisotopic (exact) mass is 407 g/mol. The summed E-state index contributed by atoms with van der Waals surface area (Å²) in [6, 6.07) is 7.68. The van der Waals surface area contributed by atoms with Crippen LogP contribution in [0.25, 0.3) is 21.3 Å². The summed E-state index contributed by atoms with van der Waals surface area (Å²) in [4.78, 5) is 22.5. The lowest BCUT2D eigenvalue weighted by Crippen LogP contribution is -2.13. The van der Waals surface area contributed by atoms with Crippen molar-refractivity contribution in [2.24, 2.45) is 7.05 Å². The number of hydrogen-bond donors (Lipinski definition) is 1. The van der Waals surface area contributed by atoms with Crippen molar-refractivity contribution in [2.45, 2.75) is 32.6 Å². The number of anilines is 1. The minimum absolute atomic E-state index is 0.181. The quantitative estimate of drug-likeness (QED) is 0.530. The topological polar surface area (TPSA) is 81.9 Å². The molecule has 1 aliphatic carbocycles. The molecule has 0 atom stereocenters. The molecule has 5 rings (SSSR count). The van der Waals surface area contributed by atoms with Crippen LogP contribution in [0.1, 0.15) is 47.4 Å². The third kappa shape index (κ3) is 3.23. The van der Waals surface area contributed by atoms with Gasteiger partial charge in [0.15, 0.2) is 10.8 Å². The lowest BCUT2D eigenvalue weighted by molar-refractivity contribution is 0.102. The molecule has 0 unspecified atom stereocenters. The van der Waals surface area contributed by atoms with E-state index in [1.807, 2.05) is 45.2 Å². The Hall–Kier alpha value is -3.00. The molecule has 7 nitrogen and oxygen atoms in total. The van der Waals surface area contributed by atoms with Gasteiger partial charge in [0.25, 0.3) is 5.91 Å². The summed E-state index contributed by atoms with van der Waals surface area (Å²) >= 11 is 1.44. The number of rotatable bonds is 5. The van der Waals surface area contributed by atoms with E-state index in [1.54, 1.807) is 4.68 Å². The van der Waals surface area contributed by atoms with Crippen molar-refractivity contribution in [3.63, 3.8) is 0 Å². The number of aryl methyl sites for hydroxylation is 2. The van der Waals surface area contributed by atoms with E-state index in [4.69, 9.17) is 9.72 Å². The summed E-state index contributed by atoms with van der Waals surface area (Å²) in [6.07, 6.45) is 2.24. The molecule has 0 saturated heterocycles. The zero-order valence-corrected chi connectivity index (χ0v) is 17.3. The van der Waals surface area contributed by atoms with E-state index in [0.717, 1.165) is 51.2 Å². The Morgan fingerprint density at radius 1 is 1.31 bits per heavy atom. The number of carbonyl (C=O) groups is 1. The second-order valence-electron chi connectivity index (χ2n) is 7.31. The molecule has 3 heterocycles. The molecule has 0 radical (unpaired) electrons. The number of carbonyl (C=O) groups excluding carboxylic acids is 1. The normalized spacial score (nSPS) is 13.9. The molecule has 8 heteroatoms. The van der Waals surface area contributed by atoms with Crippen LogP contribution in [0.15, 0.2) is 24.3 Å². The van der Waals surface area contributed by atoms with Crippen LogP contribution in [-0.2, 0) is 7.05 Å². The summed E-state index contributed by atoms with van der Waals surface area (Å²) in [5, 5.41) is 8.82. The fraction of sp³-hybridized carbons (Fsp3) is 0.333. The van der Waals surface area contributed by atoms with Crippen molar-refractivity contribution in [1.29, 1.82) is 0 Å². The maximum atomic E-state index is 13.2. The molecule has 0 aliphatic heterocycles. The van der Waals surface area contributed by atoms with Gasteiger partial charge in [-0.05, 0) is 51.0 Å². The number of nitrogens with zero attached hydrogens (tertiary/aromatic N) is 4. The van der Waals surface area contributed by atoms with Crippen LogP contribution in [0, 0.1) is 6.92 Å². The van der Waals surface area contributed by atoms with Crippen molar-refractivity contribution in [2.75, 3.05) is 11.9 Å². The third-order valence-electron chi connectivity index (χ3n) is 5.12. The Labute approximate surface area is 171 Å². The van der Waals surface area contributed by atoms with Gasteiger partial charge >= 0.3 is 0 Å². The molecule has 4 aromatic rings. The first-order valence-corrected chi connectivity index (χ1v) is 10.5. The lowest BCUT2D eigenvalue weighted by Gasteiger charge is -2.07. The molecule has 1 N–H and O–H groups in total. The zero-order chi connectivity index (χ0) is 20.1. The van der Waals surface area contributed by atoms with Crippen LogP contribution in [0.4, 0.5) is 5.13 Å². The fourth-order valence-corrected chi connectivity index (χ4v) is 4.50. The van der Waals surface area contributed by atoms with Crippen LogP contribution in [-0.4, -0.2) is 32.3 Å². The highest BCUT2D eigenvalue weighted by Gasteiger charge is 2.28. The lowest BCUT2D eigenvalue weighted by atomic mass is 10.1. The average molecular weight is 407 g/mol. The maximum Gasteiger partial charge on any atom is 0.258 e. The number of thiazole rings is 1. The number of pyridine rings is 1. The average Bonchev–Trinajstić information content (AvgIpc) is 3.41. The predicted octanol–water partition coefficient (Wildman–Crippen LogP) is 4.41. The number of nitrogens with one attached hydrogen (secondary N) is 1. The zero-order valence-electron chi connectivity index (χ0n) is 16.5. The second-order valence-corrected chi connectivity index (χ2v) is 8.34. The van der Waals surface area contributed by atoms with E-state index >= 15 is 0 Å². The summed E-state index contributed by atoms with van der Waals surface area (Å²) in [5.41, 5.74) is 3.97. The van der Waals surface area contributed by atoms with Crippen LogP contribution in [0.2, 0.25) is 0 Å². The third-order valence-corrected chi connectivity index (χ3v) is 6.05. The molecule has 1 aromatic carbocycles. The number of benzene rings is 1. The summed E-state index contributed by atoms with van der Waals surface area (Å²) in [7, 11) is 1.87. The first-order valence-electron chi connectivity index (χ1n) is 9.72. The second kappa shape index (κ2) is 6.81. The van der Waals surface area contributed by atoms with Crippen molar-refractivity contribution in [1.82, 2.24) is 19.7 Å². The highest BCUT2D eigenvalue weighted by atomic mass is 32.1. The van der Waals surface area contributed by atoms with E-state index in [0.29, 0.717) is 23.2 Å². The molecule has 0 spiro atoms. The van der Waals surface area contributed by atoms with Gasteiger partial charge in [0, 0.05) is 18.7 Å². The number of ether oxygens (including phenoxy) is 1. The number of aromatic nitrogens is 4. The molecule has 1 saturated carbocycles. The SMILES string of the molecule is CCOc1ccc2nc(NC(=O)c3cc(C4CC4)nc4c3c(C)nn4C)sc2c1. The van der Waals surface area contributed by atoms with Crippen molar-refractivity contribution in [3.8, 4) is 5.75 Å². The van der Waals surface area contributed by atoms with Gasteiger partial charge in [-0.1, -0.05) is 11.3 Å². The van der Waals surface area contributed by atoms with Crippen LogP contribution in [0.3, 0.4) is 0 Å². The summed E-state index contributed by atoms with van der Waals surface area (Å²) < 4.78 is 8.28. The van der Waals surface area contributed by atoms with Crippen molar-refractivity contribution >= 4 is 43.6 Å². The highest BCUT2D eigenvalue weighted by Crippen LogP contribution is 2.40. The van der Waals surface area contributed by atoms with E-state index < -0.39 is 0 Å². The van der Waals surface area contributed by atoms with Gasteiger partial charge in [0.1, 0.15) is 5.75 Å². The minimum Gasteiger partial charge on any atom is -0.494 e. The molecule has 29 heavy (non-hydrogen) atoms. The molecular formula is C21H21N5O2S. The first kappa shape index (κ1) is 18.1. The Morgan fingerprint density at radius 3 is 2.90 bits per heavy atom. The Bertz CT molecular complexity index is 1260. The van der Waals surface area contributed by atoms with Crippen LogP contribution >= 0.6 is 11.3 Å². The van der Waals surface area contributed by atoms with Crippen LogP contribution in [0.5, 0.6) is 5.75 Å². The van der Waals surface area contributed by atoms with Crippen LogP contribution < -0.4 is 10.1 Å². The fourth-order valence-electron chi connectivity index (χ4n) is 3.61. The standard InChI is InChI=1S/C21H21N5O2S/c1-4-28-13-7-8-15-17(9-13)29-21(23-15)24-20(27)14-10-16(12-5-6-12)22-19-18(14)11(2)25-26(19)3/h7-10,12H,4-6H2,1-3H3,(H,23,24,27). The number of fused-ring (bicyclic) bond motifs is 2. The van der Waals surface area contributed by atoms with Gasteiger partial charge in [-0.2, -0.15) is 5.10 Å². The van der Waals surface area contributed by atoms with Crippen molar-refractivity contribution in [3.05, 3.63) is 41.2 Å². The van der Waals surface area contributed by atoms with Gasteiger partial charge in [-0.25, -0.2) is 9.97 Å². The van der Waals surface area contributed by atoms with E-state index in [-0.39, 0.29) is 5.91 Å². The largest absolute Gasteiger partial charge is 0.494 e. The smallest absolute Gasteiger partial charge is 0.258 e. The summed E-state index contributed by atoms with van der Waals surface area (Å²) in [5.74, 6) is 1.07. The Balaban J connectivity index is 1.52. The molecular weight excluding hydrogens is 386 g/mol. The number of hydrogen-bond acceptors (Lipinski definition) is 6. The van der Waals surface area contributed by atoms with Gasteiger partial charge in [0.2, 0.25) is 0 Å². The maximum absolute atomic E-state index is 13.2. The van der Waals surface area contributed by atoms with Gasteiger partial charge in [-0.15, -0.1) is 0 Å². The van der Waals surface area contributed by atoms with E-state index in [2.05, 4.69) is 15.4 Å². The highest BCUT2D eigenvalue weighted by molar-refractivity contribution is 7.22. The minimum atomic E-state index is -0.181. The molecule has 1 aliphatic rings. The first-order chi connectivity index (χ1) is 14.0. The molecule has 0 bridgehead atoms. The molecule has 1 fully saturated rings. The molecule has 1 amide bonds. The Kier molecular flexibility index (Phi) is 4.24. The van der Waals surface area contributed by atoms with E-state index in [1.165, 1.54) is 11.3 Å².